The average molecular weight is 216 g/mol. The second-order valence-corrected chi connectivity index (χ2v) is 4.91. The maximum absolute atomic E-state index is 11.7. The quantitative estimate of drug-likeness (QED) is 0.717. The maximum atomic E-state index is 11.7. The Morgan fingerprint density at radius 3 is 2.40 bits per heavy atom. The highest BCUT2D eigenvalue weighted by Gasteiger charge is 2.27. The zero-order valence-electron chi connectivity index (χ0n) is 10.5. The summed E-state index contributed by atoms with van der Waals surface area (Å²) in [7, 11) is 0. The molecule has 0 aromatic rings. The minimum Gasteiger partial charge on any atom is -0.380 e. The molecule has 0 aromatic carbocycles. The summed E-state index contributed by atoms with van der Waals surface area (Å²) in [6.45, 7) is 10.9. The highest BCUT2D eigenvalue weighted by molar-refractivity contribution is 5.82. The van der Waals surface area contributed by atoms with E-state index >= 15 is 0 Å². The maximum Gasteiger partial charge on any atom is 0.237 e. The third-order valence-corrected chi connectivity index (χ3v) is 2.18. The van der Waals surface area contributed by atoms with Crippen molar-refractivity contribution in [1.82, 2.24) is 5.32 Å². The Bertz CT molecular complexity index is 199. The van der Waals surface area contributed by atoms with Gasteiger partial charge < -0.3 is 15.8 Å². The monoisotopic (exact) mass is 216 g/mol. The largest absolute Gasteiger partial charge is 0.380 e. The van der Waals surface area contributed by atoms with Gasteiger partial charge >= 0.3 is 0 Å². The van der Waals surface area contributed by atoms with Crippen molar-refractivity contribution in [3.8, 4) is 0 Å². The van der Waals surface area contributed by atoms with Gasteiger partial charge in [-0.1, -0.05) is 20.8 Å². The van der Waals surface area contributed by atoms with Gasteiger partial charge in [-0.2, -0.15) is 0 Å². The summed E-state index contributed by atoms with van der Waals surface area (Å²) < 4.78 is 5.21. The Balaban J connectivity index is 4.02. The molecule has 1 unspecified atom stereocenters. The summed E-state index contributed by atoms with van der Waals surface area (Å²) in [6.07, 6.45) is 0. The van der Waals surface area contributed by atoms with E-state index in [4.69, 9.17) is 10.5 Å². The molecule has 0 saturated carbocycles. The zero-order valence-corrected chi connectivity index (χ0v) is 10.5. The number of hydrogen-bond acceptors (Lipinski definition) is 3. The minimum atomic E-state index is -0.485. The predicted octanol–water partition coefficient (Wildman–Crippen LogP) is 0.901. The summed E-state index contributed by atoms with van der Waals surface area (Å²) in [5.41, 5.74) is 5.61. The van der Waals surface area contributed by atoms with Crippen molar-refractivity contribution in [3.05, 3.63) is 0 Å². The van der Waals surface area contributed by atoms with E-state index in [2.05, 4.69) is 5.32 Å². The molecule has 0 aliphatic heterocycles. The van der Waals surface area contributed by atoms with Crippen LogP contribution in [-0.4, -0.2) is 31.2 Å². The summed E-state index contributed by atoms with van der Waals surface area (Å²) in [4.78, 5) is 11.7. The highest BCUT2D eigenvalue weighted by Crippen LogP contribution is 2.17. The Labute approximate surface area is 92.6 Å². The van der Waals surface area contributed by atoms with Crippen molar-refractivity contribution in [2.24, 2.45) is 11.1 Å². The van der Waals surface area contributed by atoms with E-state index in [1.807, 2.05) is 34.6 Å². The van der Waals surface area contributed by atoms with Crippen molar-refractivity contribution in [3.63, 3.8) is 0 Å². The van der Waals surface area contributed by atoms with Gasteiger partial charge in [-0.3, -0.25) is 4.79 Å². The molecule has 0 spiro atoms. The summed E-state index contributed by atoms with van der Waals surface area (Å²) in [5, 5.41) is 2.83. The lowest BCUT2D eigenvalue weighted by Gasteiger charge is -2.27. The SMILES string of the molecule is CCOCC(C)NC(=O)[C@@H](N)C(C)(C)C. The third kappa shape index (κ3) is 5.74. The molecule has 4 heteroatoms. The van der Waals surface area contributed by atoms with E-state index in [0.29, 0.717) is 13.2 Å². The molecule has 0 heterocycles. The number of carbonyl (C=O) groups excluding carboxylic acids is 1. The van der Waals surface area contributed by atoms with Gasteiger partial charge in [0.05, 0.1) is 12.6 Å². The smallest absolute Gasteiger partial charge is 0.237 e. The van der Waals surface area contributed by atoms with Gasteiger partial charge in [0.25, 0.3) is 0 Å². The molecule has 0 saturated heterocycles. The molecule has 90 valence electrons. The zero-order chi connectivity index (χ0) is 12.1. The van der Waals surface area contributed by atoms with Gasteiger partial charge in [-0.25, -0.2) is 0 Å². The second-order valence-electron chi connectivity index (χ2n) is 4.91. The molecule has 3 N–H and O–H groups in total. The number of ether oxygens (including phenoxy) is 1. The number of nitrogens with one attached hydrogen (secondary N) is 1. The van der Waals surface area contributed by atoms with Gasteiger partial charge in [-0.15, -0.1) is 0 Å². The first-order chi connectivity index (χ1) is 6.79. The Hall–Kier alpha value is -0.610. The number of rotatable bonds is 5. The second kappa shape index (κ2) is 6.08. The van der Waals surface area contributed by atoms with Crippen LogP contribution in [0.4, 0.5) is 0 Å². The van der Waals surface area contributed by atoms with Crippen LogP contribution < -0.4 is 11.1 Å². The lowest BCUT2D eigenvalue weighted by Crippen LogP contribution is -2.51. The molecule has 0 aromatic heterocycles. The fourth-order valence-electron chi connectivity index (χ4n) is 1.06. The van der Waals surface area contributed by atoms with Gasteiger partial charge in [0.1, 0.15) is 0 Å². The average Bonchev–Trinajstić information content (AvgIpc) is 2.11. The van der Waals surface area contributed by atoms with E-state index in [-0.39, 0.29) is 17.4 Å². The van der Waals surface area contributed by atoms with Crippen LogP contribution in [0.15, 0.2) is 0 Å². The molecule has 0 aliphatic rings. The van der Waals surface area contributed by atoms with Crippen molar-refractivity contribution in [1.29, 1.82) is 0 Å². The van der Waals surface area contributed by atoms with E-state index in [0.717, 1.165) is 0 Å². The van der Waals surface area contributed by atoms with Gasteiger partial charge in [0.2, 0.25) is 5.91 Å². The minimum absolute atomic E-state index is 0.00542. The number of hydrogen-bond donors (Lipinski definition) is 2. The Morgan fingerprint density at radius 1 is 1.47 bits per heavy atom. The predicted molar refractivity (Wildman–Crippen MR) is 61.5 cm³/mol. The van der Waals surface area contributed by atoms with Crippen molar-refractivity contribution >= 4 is 5.91 Å². The number of nitrogens with two attached hydrogens (primary N) is 1. The molecule has 15 heavy (non-hydrogen) atoms. The van der Waals surface area contributed by atoms with Crippen LogP contribution in [-0.2, 0) is 9.53 Å². The molecule has 0 fully saturated rings. The lowest BCUT2D eigenvalue weighted by atomic mass is 9.87. The fourth-order valence-corrected chi connectivity index (χ4v) is 1.06. The molecule has 0 bridgehead atoms. The fraction of sp³-hybridized carbons (Fsp3) is 0.909. The first-order valence-corrected chi connectivity index (χ1v) is 5.42. The third-order valence-electron chi connectivity index (χ3n) is 2.18. The van der Waals surface area contributed by atoms with E-state index < -0.39 is 6.04 Å². The molecule has 2 atom stereocenters. The number of carbonyl (C=O) groups is 1. The van der Waals surface area contributed by atoms with Crippen LogP contribution in [0.3, 0.4) is 0 Å². The Kier molecular flexibility index (Phi) is 5.83. The molecule has 4 nitrogen and oxygen atoms in total. The number of amides is 1. The van der Waals surface area contributed by atoms with Crippen molar-refractivity contribution in [2.75, 3.05) is 13.2 Å². The molecular weight excluding hydrogens is 192 g/mol. The van der Waals surface area contributed by atoms with Crippen LogP contribution in [0, 0.1) is 5.41 Å². The van der Waals surface area contributed by atoms with Crippen LogP contribution >= 0.6 is 0 Å². The summed E-state index contributed by atoms with van der Waals surface area (Å²) in [5.74, 6) is -0.116. The Morgan fingerprint density at radius 2 is 2.00 bits per heavy atom. The van der Waals surface area contributed by atoms with Crippen LogP contribution in [0.1, 0.15) is 34.6 Å². The van der Waals surface area contributed by atoms with Crippen molar-refractivity contribution < 1.29 is 9.53 Å². The van der Waals surface area contributed by atoms with Crippen LogP contribution in [0.5, 0.6) is 0 Å². The first kappa shape index (κ1) is 14.4. The van der Waals surface area contributed by atoms with E-state index in [1.165, 1.54) is 0 Å². The van der Waals surface area contributed by atoms with Crippen LogP contribution in [0.2, 0.25) is 0 Å². The standard InChI is InChI=1S/C11H24N2O2/c1-6-15-7-8(2)13-10(14)9(12)11(3,4)5/h8-9H,6-7,12H2,1-5H3,(H,13,14)/t8?,9-/m1/s1. The molecule has 0 rings (SSSR count). The van der Waals surface area contributed by atoms with Crippen LogP contribution in [0.25, 0.3) is 0 Å². The summed E-state index contributed by atoms with van der Waals surface area (Å²) in [6, 6.07) is -0.479. The van der Waals surface area contributed by atoms with Gasteiger partial charge in [0, 0.05) is 12.6 Å². The lowest BCUT2D eigenvalue weighted by molar-refractivity contribution is -0.125. The van der Waals surface area contributed by atoms with E-state index in [1.54, 1.807) is 0 Å². The molecule has 0 aliphatic carbocycles. The molecule has 1 amide bonds. The van der Waals surface area contributed by atoms with Gasteiger partial charge in [-0.05, 0) is 19.3 Å². The molecule has 0 radical (unpaired) electrons. The molecular formula is C11H24N2O2. The topological polar surface area (TPSA) is 64.3 Å². The first-order valence-electron chi connectivity index (χ1n) is 5.42. The van der Waals surface area contributed by atoms with E-state index in [9.17, 15) is 4.79 Å². The normalized spacial score (nSPS) is 15.9. The van der Waals surface area contributed by atoms with Crippen molar-refractivity contribution in [2.45, 2.75) is 46.7 Å². The highest BCUT2D eigenvalue weighted by atomic mass is 16.5. The summed E-state index contributed by atoms with van der Waals surface area (Å²) >= 11 is 0. The van der Waals surface area contributed by atoms with Gasteiger partial charge in [0.15, 0.2) is 0 Å².